The molecule has 3 N–H and O–H groups in total. The Morgan fingerprint density at radius 1 is 1.37 bits per heavy atom. The lowest BCUT2D eigenvalue weighted by Gasteiger charge is -2.30. The molecule has 1 amide bonds. The Kier molecular flexibility index (Phi) is 6.28. The van der Waals surface area contributed by atoms with Crippen molar-refractivity contribution in [2.75, 3.05) is 6.54 Å². The van der Waals surface area contributed by atoms with Gasteiger partial charge in [-0.3, -0.25) is 9.59 Å². The van der Waals surface area contributed by atoms with E-state index in [2.05, 4.69) is 17.6 Å². The molecule has 5 heteroatoms. The van der Waals surface area contributed by atoms with Crippen molar-refractivity contribution in [3.63, 3.8) is 0 Å². The largest absolute Gasteiger partial charge is 0.481 e. The van der Waals surface area contributed by atoms with E-state index in [1.165, 1.54) is 0 Å². The summed E-state index contributed by atoms with van der Waals surface area (Å²) in [5, 5.41) is 15.1. The zero-order valence-electron chi connectivity index (χ0n) is 12.0. The summed E-state index contributed by atoms with van der Waals surface area (Å²) in [5.41, 5.74) is -0.473. The molecule has 0 aliphatic carbocycles. The van der Waals surface area contributed by atoms with E-state index in [1.807, 2.05) is 6.92 Å². The highest BCUT2D eigenvalue weighted by Crippen LogP contribution is 2.25. The first-order chi connectivity index (χ1) is 9.04. The highest BCUT2D eigenvalue weighted by atomic mass is 16.4. The Balaban J connectivity index is 2.65. The maximum absolute atomic E-state index is 12.5. The van der Waals surface area contributed by atoms with Crippen LogP contribution in [0.5, 0.6) is 0 Å². The van der Waals surface area contributed by atoms with Gasteiger partial charge in [0, 0.05) is 6.04 Å². The van der Waals surface area contributed by atoms with Crippen molar-refractivity contribution in [1.29, 1.82) is 0 Å². The van der Waals surface area contributed by atoms with Gasteiger partial charge in [-0.1, -0.05) is 26.7 Å². The third-order valence-corrected chi connectivity index (χ3v) is 3.75. The molecule has 1 saturated heterocycles. The first-order valence-corrected chi connectivity index (χ1v) is 7.32. The average molecular weight is 270 g/mol. The van der Waals surface area contributed by atoms with Crippen LogP contribution in [-0.2, 0) is 9.59 Å². The van der Waals surface area contributed by atoms with Crippen molar-refractivity contribution in [1.82, 2.24) is 10.6 Å². The molecule has 1 heterocycles. The summed E-state index contributed by atoms with van der Waals surface area (Å²) in [6.45, 7) is 4.93. The van der Waals surface area contributed by atoms with Crippen molar-refractivity contribution in [2.45, 2.75) is 70.4 Å². The van der Waals surface area contributed by atoms with Crippen LogP contribution < -0.4 is 10.6 Å². The van der Waals surface area contributed by atoms with Gasteiger partial charge < -0.3 is 15.7 Å². The normalized spacial score (nSPS) is 24.1. The molecule has 0 saturated carbocycles. The topological polar surface area (TPSA) is 78.4 Å². The molecule has 1 fully saturated rings. The van der Waals surface area contributed by atoms with Gasteiger partial charge in [0.05, 0.1) is 12.0 Å². The Morgan fingerprint density at radius 3 is 2.58 bits per heavy atom. The van der Waals surface area contributed by atoms with Crippen molar-refractivity contribution in [2.24, 2.45) is 0 Å². The van der Waals surface area contributed by atoms with E-state index in [1.54, 1.807) is 0 Å². The van der Waals surface area contributed by atoms with Gasteiger partial charge >= 0.3 is 5.97 Å². The Bertz CT molecular complexity index is 312. The van der Waals surface area contributed by atoms with Crippen LogP contribution in [0, 0.1) is 0 Å². The summed E-state index contributed by atoms with van der Waals surface area (Å²) in [6, 6.07) is -0.258. The molecule has 2 atom stereocenters. The standard InChI is InChI=1S/C14H26N2O3/c1-3-6-11(10-12(17)18)16-13(19)14(7-4-2)8-5-9-15-14/h11,15H,3-10H2,1-2H3,(H,16,19)(H,17,18). The third kappa shape index (κ3) is 4.49. The molecule has 5 nitrogen and oxygen atoms in total. The smallest absolute Gasteiger partial charge is 0.305 e. The molecule has 2 unspecified atom stereocenters. The van der Waals surface area contributed by atoms with Crippen LogP contribution in [0.2, 0.25) is 0 Å². The van der Waals surface area contributed by atoms with Gasteiger partial charge in [0.25, 0.3) is 0 Å². The Labute approximate surface area is 115 Å². The van der Waals surface area contributed by atoms with Crippen LogP contribution in [0.4, 0.5) is 0 Å². The van der Waals surface area contributed by atoms with Gasteiger partial charge in [0.1, 0.15) is 0 Å². The molecule has 1 aliphatic heterocycles. The SMILES string of the molecule is CCCC(CC(=O)O)NC(=O)C1(CCC)CCCN1. The Hall–Kier alpha value is -1.10. The van der Waals surface area contributed by atoms with E-state index in [-0.39, 0.29) is 18.4 Å². The minimum absolute atomic E-state index is 0.00177. The van der Waals surface area contributed by atoms with Gasteiger partial charge in [-0.25, -0.2) is 0 Å². The summed E-state index contributed by atoms with van der Waals surface area (Å²) < 4.78 is 0. The van der Waals surface area contributed by atoms with E-state index in [9.17, 15) is 9.59 Å². The molecule has 110 valence electrons. The second-order valence-electron chi connectivity index (χ2n) is 5.42. The summed E-state index contributed by atoms with van der Waals surface area (Å²) >= 11 is 0. The van der Waals surface area contributed by atoms with Crippen LogP contribution in [0.1, 0.15) is 58.8 Å². The summed E-state index contributed by atoms with van der Waals surface area (Å²) in [4.78, 5) is 23.3. The Morgan fingerprint density at radius 2 is 2.11 bits per heavy atom. The molecule has 0 aromatic rings. The number of carbonyl (C=O) groups excluding carboxylic acids is 1. The number of rotatable bonds is 8. The fourth-order valence-corrected chi connectivity index (χ4v) is 2.86. The lowest BCUT2D eigenvalue weighted by atomic mass is 9.90. The molecule has 0 aromatic heterocycles. The third-order valence-electron chi connectivity index (χ3n) is 3.75. The number of carbonyl (C=O) groups is 2. The van der Waals surface area contributed by atoms with Crippen molar-refractivity contribution >= 4 is 11.9 Å². The number of carboxylic acids is 1. The fourth-order valence-electron chi connectivity index (χ4n) is 2.86. The lowest BCUT2D eigenvalue weighted by Crippen LogP contribution is -2.55. The van der Waals surface area contributed by atoms with E-state index >= 15 is 0 Å². The van der Waals surface area contributed by atoms with Crippen LogP contribution in [0.25, 0.3) is 0 Å². The summed E-state index contributed by atoms with van der Waals surface area (Å²) in [6.07, 6.45) is 5.18. The zero-order valence-corrected chi connectivity index (χ0v) is 12.0. The number of carboxylic acid groups (broad SMARTS) is 1. The predicted molar refractivity (Wildman–Crippen MR) is 74.0 cm³/mol. The molecule has 19 heavy (non-hydrogen) atoms. The number of amides is 1. The average Bonchev–Trinajstić information content (AvgIpc) is 2.79. The molecule has 0 aromatic carbocycles. The zero-order chi connectivity index (χ0) is 14.3. The van der Waals surface area contributed by atoms with Crippen molar-refractivity contribution in [3.8, 4) is 0 Å². The van der Waals surface area contributed by atoms with Gasteiger partial charge in [-0.05, 0) is 32.2 Å². The van der Waals surface area contributed by atoms with Gasteiger partial charge in [0.2, 0.25) is 5.91 Å². The molecule has 0 radical (unpaired) electrons. The molecule has 1 aliphatic rings. The quantitative estimate of drug-likeness (QED) is 0.627. The highest BCUT2D eigenvalue weighted by Gasteiger charge is 2.40. The predicted octanol–water partition coefficient (Wildman–Crippen LogP) is 1.67. The van der Waals surface area contributed by atoms with E-state index in [4.69, 9.17) is 5.11 Å². The van der Waals surface area contributed by atoms with Crippen LogP contribution >= 0.6 is 0 Å². The summed E-state index contributed by atoms with van der Waals surface area (Å²) in [7, 11) is 0. The first-order valence-electron chi connectivity index (χ1n) is 7.32. The monoisotopic (exact) mass is 270 g/mol. The van der Waals surface area contributed by atoms with Crippen LogP contribution in [0.3, 0.4) is 0 Å². The molecular formula is C14H26N2O3. The molecule has 0 bridgehead atoms. The van der Waals surface area contributed by atoms with Crippen LogP contribution in [-0.4, -0.2) is 35.1 Å². The second-order valence-corrected chi connectivity index (χ2v) is 5.42. The maximum atomic E-state index is 12.5. The number of aliphatic carboxylic acids is 1. The minimum Gasteiger partial charge on any atom is -0.481 e. The van der Waals surface area contributed by atoms with Gasteiger partial charge in [-0.15, -0.1) is 0 Å². The second kappa shape index (κ2) is 7.48. The summed E-state index contributed by atoms with van der Waals surface area (Å²) in [5.74, 6) is -0.880. The number of hydrogen-bond donors (Lipinski definition) is 3. The van der Waals surface area contributed by atoms with E-state index in [0.717, 1.165) is 38.6 Å². The number of hydrogen-bond acceptors (Lipinski definition) is 3. The maximum Gasteiger partial charge on any atom is 0.305 e. The lowest BCUT2D eigenvalue weighted by molar-refractivity contribution is -0.138. The van der Waals surface area contributed by atoms with Crippen LogP contribution in [0.15, 0.2) is 0 Å². The number of nitrogens with one attached hydrogen (secondary N) is 2. The molecule has 1 rings (SSSR count). The van der Waals surface area contributed by atoms with E-state index in [0.29, 0.717) is 6.42 Å². The van der Waals surface area contributed by atoms with Gasteiger partial charge in [-0.2, -0.15) is 0 Å². The molecular weight excluding hydrogens is 244 g/mol. The van der Waals surface area contributed by atoms with Gasteiger partial charge in [0.15, 0.2) is 0 Å². The molecule has 0 spiro atoms. The minimum atomic E-state index is -0.859. The van der Waals surface area contributed by atoms with Crippen molar-refractivity contribution in [3.05, 3.63) is 0 Å². The first kappa shape index (κ1) is 16.0. The van der Waals surface area contributed by atoms with Crippen molar-refractivity contribution < 1.29 is 14.7 Å². The highest BCUT2D eigenvalue weighted by molar-refractivity contribution is 5.87. The van der Waals surface area contributed by atoms with E-state index < -0.39 is 11.5 Å². The fraction of sp³-hybridized carbons (Fsp3) is 0.857.